The Morgan fingerprint density at radius 2 is 1.12 bits per heavy atom. The zero-order chi connectivity index (χ0) is 23.4. The van der Waals surface area contributed by atoms with Crippen LogP contribution in [0.15, 0.2) is 121 Å². The molecular formula is C30H27NO2S. The van der Waals surface area contributed by atoms with Gasteiger partial charge in [-0.1, -0.05) is 109 Å². The molecule has 3 unspecified atom stereocenters. The molecule has 170 valence electrons. The van der Waals surface area contributed by atoms with Crippen molar-refractivity contribution in [3.63, 3.8) is 0 Å². The van der Waals surface area contributed by atoms with Gasteiger partial charge in [0.25, 0.3) is 0 Å². The Balaban J connectivity index is 1.55. The number of para-hydroxylation sites is 1. The molecule has 3 atom stereocenters. The second-order valence-electron chi connectivity index (χ2n) is 8.49. The van der Waals surface area contributed by atoms with Crippen LogP contribution in [0.2, 0.25) is 0 Å². The number of amides is 1. The van der Waals surface area contributed by atoms with E-state index >= 15 is 0 Å². The summed E-state index contributed by atoms with van der Waals surface area (Å²) in [7, 11) is 0. The van der Waals surface area contributed by atoms with Gasteiger partial charge < -0.3 is 10.1 Å². The molecular weight excluding hydrogens is 438 g/mol. The summed E-state index contributed by atoms with van der Waals surface area (Å²) in [5.74, 6) is 0.545. The average molecular weight is 466 g/mol. The maximum absolute atomic E-state index is 12.8. The molecule has 1 aliphatic rings. The van der Waals surface area contributed by atoms with Gasteiger partial charge in [0.1, 0.15) is 17.8 Å². The highest BCUT2D eigenvalue weighted by Gasteiger charge is 2.50. The van der Waals surface area contributed by atoms with Crippen molar-refractivity contribution in [2.24, 2.45) is 5.92 Å². The molecule has 1 N–H and O–H groups in total. The van der Waals surface area contributed by atoms with Gasteiger partial charge in [-0.25, -0.2) is 0 Å². The Hall–Kier alpha value is -3.50. The van der Waals surface area contributed by atoms with Crippen LogP contribution < -0.4 is 10.1 Å². The van der Waals surface area contributed by atoms with Gasteiger partial charge in [0.15, 0.2) is 0 Å². The van der Waals surface area contributed by atoms with Gasteiger partial charge in [0.2, 0.25) is 5.91 Å². The van der Waals surface area contributed by atoms with Crippen molar-refractivity contribution < 1.29 is 9.53 Å². The van der Waals surface area contributed by atoms with E-state index in [1.54, 1.807) is 11.8 Å². The Morgan fingerprint density at radius 1 is 0.706 bits per heavy atom. The highest BCUT2D eigenvalue weighted by molar-refractivity contribution is 8.01. The molecule has 0 aromatic heterocycles. The number of carbonyl (C=O) groups is 1. The minimum absolute atomic E-state index is 0.0315. The van der Waals surface area contributed by atoms with Crippen LogP contribution in [0.25, 0.3) is 0 Å². The van der Waals surface area contributed by atoms with Crippen LogP contribution >= 0.6 is 11.8 Å². The monoisotopic (exact) mass is 465 g/mol. The molecule has 4 aromatic carbocycles. The highest BCUT2D eigenvalue weighted by Crippen LogP contribution is 2.52. The summed E-state index contributed by atoms with van der Waals surface area (Å²) >= 11 is 1.78. The highest BCUT2D eigenvalue weighted by atomic mass is 32.2. The molecule has 5 rings (SSSR count). The molecule has 1 fully saturated rings. The largest absolute Gasteiger partial charge is 0.490 e. The molecule has 0 spiro atoms. The molecule has 3 nitrogen and oxygen atoms in total. The zero-order valence-electron chi connectivity index (χ0n) is 19.0. The SMILES string of the molecule is CC(Oc1ccccc1)C1C(=O)NC1SC(c1ccccc1)(c1ccccc1)c1ccccc1. The van der Waals surface area contributed by atoms with Crippen molar-refractivity contribution in [1.29, 1.82) is 0 Å². The first-order valence-electron chi connectivity index (χ1n) is 11.5. The maximum Gasteiger partial charge on any atom is 0.230 e. The average Bonchev–Trinajstić information content (AvgIpc) is 2.88. The lowest BCUT2D eigenvalue weighted by atomic mass is 9.84. The van der Waals surface area contributed by atoms with E-state index in [0.29, 0.717) is 0 Å². The van der Waals surface area contributed by atoms with Gasteiger partial charge in [-0.3, -0.25) is 4.79 Å². The minimum Gasteiger partial charge on any atom is -0.490 e. The minimum atomic E-state index is -0.493. The molecule has 0 saturated carbocycles. The number of rotatable bonds is 8. The third kappa shape index (κ3) is 4.22. The number of β-lactam (4-membered cyclic amide) rings is 1. The van der Waals surface area contributed by atoms with Crippen LogP contribution in [0.5, 0.6) is 5.75 Å². The predicted octanol–water partition coefficient (Wildman–Crippen LogP) is 6.25. The normalized spacial score (nSPS) is 18.4. The molecule has 4 aromatic rings. The van der Waals surface area contributed by atoms with Crippen LogP contribution in [0.1, 0.15) is 23.6 Å². The van der Waals surface area contributed by atoms with Crippen LogP contribution in [0.4, 0.5) is 0 Å². The second-order valence-corrected chi connectivity index (χ2v) is 9.84. The van der Waals surface area contributed by atoms with Crippen molar-refractivity contribution in [3.05, 3.63) is 138 Å². The van der Waals surface area contributed by atoms with E-state index in [4.69, 9.17) is 4.74 Å². The van der Waals surface area contributed by atoms with Crippen molar-refractivity contribution in [2.45, 2.75) is 23.1 Å². The van der Waals surface area contributed by atoms with Crippen LogP contribution in [-0.4, -0.2) is 17.4 Å². The molecule has 1 aliphatic heterocycles. The lowest BCUT2D eigenvalue weighted by Gasteiger charge is -2.45. The smallest absolute Gasteiger partial charge is 0.230 e. The fraction of sp³-hybridized carbons (Fsp3) is 0.167. The van der Waals surface area contributed by atoms with E-state index in [9.17, 15) is 4.79 Å². The van der Waals surface area contributed by atoms with E-state index in [2.05, 4.69) is 78.1 Å². The molecule has 0 bridgehead atoms. The number of hydrogen-bond acceptors (Lipinski definition) is 3. The summed E-state index contributed by atoms with van der Waals surface area (Å²) in [5.41, 5.74) is 3.52. The van der Waals surface area contributed by atoms with Gasteiger partial charge in [-0.15, -0.1) is 11.8 Å². The van der Waals surface area contributed by atoms with Crippen LogP contribution in [0, 0.1) is 5.92 Å². The first-order valence-corrected chi connectivity index (χ1v) is 12.4. The number of carbonyl (C=O) groups excluding carboxylic acids is 1. The molecule has 4 heteroatoms. The summed E-state index contributed by atoms with van der Waals surface area (Å²) in [4.78, 5) is 12.8. The lowest BCUT2D eigenvalue weighted by Crippen LogP contribution is -2.62. The Morgan fingerprint density at radius 3 is 1.53 bits per heavy atom. The molecule has 1 amide bonds. The van der Waals surface area contributed by atoms with Gasteiger partial charge in [-0.05, 0) is 35.7 Å². The maximum atomic E-state index is 12.8. The number of nitrogens with one attached hydrogen (secondary N) is 1. The Kier molecular flexibility index (Phi) is 6.41. The van der Waals surface area contributed by atoms with Crippen molar-refractivity contribution in [3.8, 4) is 5.75 Å². The Labute approximate surface area is 205 Å². The Bertz CT molecular complexity index is 1120. The van der Waals surface area contributed by atoms with E-state index in [-0.39, 0.29) is 23.3 Å². The topological polar surface area (TPSA) is 38.3 Å². The molecule has 1 heterocycles. The van der Waals surface area contributed by atoms with E-state index in [0.717, 1.165) is 5.75 Å². The number of benzene rings is 4. The van der Waals surface area contributed by atoms with Gasteiger partial charge >= 0.3 is 0 Å². The quantitative estimate of drug-likeness (QED) is 0.247. The summed E-state index contributed by atoms with van der Waals surface area (Å²) < 4.78 is 5.68. The fourth-order valence-corrected chi connectivity index (χ4v) is 6.49. The molecule has 34 heavy (non-hydrogen) atoms. The van der Waals surface area contributed by atoms with Crippen LogP contribution in [0.3, 0.4) is 0 Å². The summed E-state index contributed by atoms with van der Waals surface area (Å²) in [5, 5.41) is 3.06. The first kappa shape index (κ1) is 22.3. The van der Waals surface area contributed by atoms with Crippen LogP contribution in [-0.2, 0) is 9.54 Å². The number of ether oxygens (including phenoxy) is 1. The third-order valence-corrected chi connectivity index (χ3v) is 8.05. The van der Waals surface area contributed by atoms with Crippen molar-refractivity contribution >= 4 is 17.7 Å². The zero-order valence-corrected chi connectivity index (χ0v) is 19.8. The lowest BCUT2D eigenvalue weighted by molar-refractivity contribution is -0.136. The molecule has 1 saturated heterocycles. The molecule has 0 radical (unpaired) electrons. The molecule has 0 aliphatic carbocycles. The van der Waals surface area contributed by atoms with Crippen molar-refractivity contribution in [1.82, 2.24) is 5.32 Å². The van der Waals surface area contributed by atoms with E-state index in [1.165, 1.54) is 16.7 Å². The van der Waals surface area contributed by atoms with Crippen molar-refractivity contribution in [2.75, 3.05) is 0 Å². The number of hydrogen-bond donors (Lipinski definition) is 1. The van der Waals surface area contributed by atoms with Gasteiger partial charge in [-0.2, -0.15) is 0 Å². The third-order valence-electron chi connectivity index (χ3n) is 6.33. The number of thioether (sulfide) groups is 1. The predicted molar refractivity (Wildman–Crippen MR) is 139 cm³/mol. The fourth-order valence-electron chi connectivity index (χ4n) is 4.63. The summed E-state index contributed by atoms with van der Waals surface area (Å²) in [6, 6.07) is 41.3. The second kappa shape index (κ2) is 9.78. The summed E-state index contributed by atoms with van der Waals surface area (Å²) in [6.07, 6.45) is -0.256. The van der Waals surface area contributed by atoms with E-state index < -0.39 is 4.75 Å². The van der Waals surface area contributed by atoms with E-state index in [1.807, 2.05) is 55.5 Å². The summed E-state index contributed by atoms with van der Waals surface area (Å²) in [6.45, 7) is 1.99. The van der Waals surface area contributed by atoms with Gasteiger partial charge in [0, 0.05) is 0 Å². The van der Waals surface area contributed by atoms with Gasteiger partial charge in [0.05, 0.1) is 10.1 Å². The first-order chi connectivity index (χ1) is 16.7. The standard InChI is InChI=1S/C30H27NO2S/c1-22(33-26-20-12-5-13-21-26)27-28(32)31-29(27)34-30(23-14-6-2-7-15-23,24-16-8-3-9-17-24)25-18-10-4-11-19-25/h2-22,27,29H,1H3,(H,31,32).